The largest absolute Gasteiger partial charge is 0.346 e. The molecule has 0 aromatic rings. The van der Waals surface area contributed by atoms with Gasteiger partial charge in [-0.3, -0.25) is 0 Å². The predicted molar refractivity (Wildman–Crippen MR) is 81.8 cm³/mol. The molecule has 2 unspecified atom stereocenters. The van der Waals surface area contributed by atoms with Gasteiger partial charge in [0.05, 0.1) is 0 Å². The Kier molecular flexibility index (Phi) is 7.93. The van der Waals surface area contributed by atoms with Gasteiger partial charge in [0.15, 0.2) is 0 Å². The Labute approximate surface area is 113 Å². The van der Waals surface area contributed by atoms with Crippen LogP contribution in [0.15, 0.2) is 50.1 Å². The molecule has 0 aliphatic rings. The van der Waals surface area contributed by atoms with Crippen molar-refractivity contribution in [3.8, 4) is 0 Å². The van der Waals surface area contributed by atoms with E-state index in [0.29, 0.717) is 5.92 Å². The molecule has 1 N–H and O–H groups in total. The molecule has 0 saturated heterocycles. The van der Waals surface area contributed by atoms with Gasteiger partial charge in [0.1, 0.15) is 5.82 Å². The van der Waals surface area contributed by atoms with E-state index < -0.39 is 0 Å². The lowest BCUT2D eigenvalue weighted by Crippen LogP contribution is -2.24. The molecule has 0 aliphatic heterocycles. The molecular weight excluding hydrogens is 220 g/mol. The molecule has 0 heterocycles. The Morgan fingerprint density at radius 1 is 1.33 bits per heavy atom. The number of hydrogen-bond donors (Lipinski definition) is 1. The molecule has 102 valence electrons. The lowest BCUT2D eigenvalue weighted by atomic mass is 9.91. The first-order valence-electron chi connectivity index (χ1n) is 6.56. The smallest absolute Gasteiger partial charge is 0.102 e. The molecule has 0 fully saturated rings. The zero-order valence-electron chi connectivity index (χ0n) is 12.2. The van der Waals surface area contributed by atoms with Crippen molar-refractivity contribution in [1.82, 2.24) is 10.2 Å². The maximum Gasteiger partial charge on any atom is 0.102 e. The summed E-state index contributed by atoms with van der Waals surface area (Å²) in [5, 5.41) is 3.20. The van der Waals surface area contributed by atoms with E-state index in [9.17, 15) is 0 Å². The summed E-state index contributed by atoms with van der Waals surface area (Å²) >= 11 is 0. The third-order valence-corrected chi connectivity index (χ3v) is 3.26. The van der Waals surface area contributed by atoms with Crippen LogP contribution >= 0.6 is 0 Å². The van der Waals surface area contributed by atoms with Crippen molar-refractivity contribution in [2.24, 2.45) is 11.8 Å². The fraction of sp³-hybridized carbons (Fsp3) is 0.500. The van der Waals surface area contributed by atoms with Crippen LogP contribution in [-0.2, 0) is 0 Å². The number of allylic oxidation sites excluding steroid dienone is 2. The van der Waals surface area contributed by atoms with Crippen LogP contribution in [0.1, 0.15) is 33.1 Å². The van der Waals surface area contributed by atoms with Gasteiger partial charge in [0, 0.05) is 12.7 Å². The number of hydrogen-bond acceptors (Lipinski definition) is 2. The molecule has 0 amide bonds. The van der Waals surface area contributed by atoms with Crippen molar-refractivity contribution in [3.63, 3.8) is 0 Å². The molecule has 0 aliphatic carbocycles. The summed E-state index contributed by atoms with van der Waals surface area (Å²) in [6, 6.07) is 0. The van der Waals surface area contributed by atoms with Gasteiger partial charge in [-0.05, 0) is 30.9 Å². The average Bonchev–Trinajstić information content (AvgIpc) is 2.36. The zero-order chi connectivity index (χ0) is 14.1. The normalized spacial score (nSPS) is 13.3. The number of rotatable bonds is 10. The summed E-state index contributed by atoms with van der Waals surface area (Å²) in [6.45, 7) is 20.1. The van der Waals surface area contributed by atoms with Crippen LogP contribution in [0.2, 0.25) is 0 Å². The van der Waals surface area contributed by atoms with Gasteiger partial charge < -0.3 is 10.2 Å². The first-order valence-corrected chi connectivity index (χ1v) is 6.56. The Morgan fingerprint density at radius 2 is 1.94 bits per heavy atom. The first kappa shape index (κ1) is 16.6. The summed E-state index contributed by atoms with van der Waals surface area (Å²) in [7, 11) is 1.90. The van der Waals surface area contributed by atoms with Gasteiger partial charge in [-0.15, -0.1) is 6.58 Å². The first-order chi connectivity index (χ1) is 8.44. The van der Waals surface area contributed by atoms with E-state index in [1.165, 1.54) is 6.42 Å². The van der Waals surface area contributed by atoms with Crippen LogP contribution in [0.5, 0.6) is 0 Å². The SMILES string of the molecule is C=CC(CC(=C)NC(=C)N(C)C=C)CC(C)CC. The van der Waals surface area contributed by atoms with Crippen molar-refractivity contribution < 1.29 is 0 Å². The molecule has 0 rings (SSSR count). The van der Waals surface area contributed by atoms with Crippen LogP contribution < -0.4 is 5.32 Å². The highest BCUT2D eigenvalue weighted by atomic mass is 15.2. The Morgan fingerprint density at radius 3 is 2.39 bits per heavy atom. The fourth-order valence-corrected chi connectivity index (χ4v) is 1.72. The van der Waals surface area contributed by atoms with Crippen molar-refractivity contribution in [2.45, 2.75) is 33.1 Å². The van der Waals surface area contributed by atoms with E-state index in [0.717, 1.165) is 30.3 Å². The van der Waals surface area contributed by atoms with Crippen LogP contribution in [0, 0.1) is 11.8 Å². The number of nitrogens with one attached hydrogen (secondary N) is 1. The van der Waals surface area contributed by atoms with Gasteiger partial charge in [-0.1, -0.05) is 46.1 Å². The fourth-order valence-electron chi connectivity index (χ4n) is 1.72. The van der Waals surface area contributed by atoms with E-state index in [1.807, 2.05) is 18.0 Å². The number of nitrogens with zero attached hydrogens (tertiary/aromatic N) is 1. The highest BCUT2D eigenvalue weighted by Gasteiger charge is 2.11. The van der Waals surface area contributed by atoms with E-state index in [1.54, 1.807) is 6.20 Å². The maximum absolute atomic E-state index is 4.05. The standard InChI is InChI=1S/C16H28N2/c1-8-13(4)11-16(9-2)12-14(5)17-15(6)18(7)10-3/h9-10,13,16-17H,2-3,5-6,8,11-12H2,1,4,7H3. The Balaban J connectivity index is 4.23. The van der Waals surface area contributed by atoms with Crippen LogP contribution in [-0.4, -0.2) is 11.9 Å². The summed E-state index contributed by atoms with van der Waals surface area (Å²) in [4.78, 5) is 1.84. The highest BCUT2D eigenvalue weighted by Crippen LogP contribution is 2.21. The summed E-state index contributed by atoms with van der Waals surface area (Å²) in [5.74, 6) is 1.99. The Hall–Kier alpha value is -1.44. The summed E-state index contributed by atoms with van der Waals surface area (Å²) in [6.07, 6.45) is 7.00. The van der Waals surface area contributed by atoms with E-state index in [-0.39, 0.29) is 0 Å². The lowest BCUT2D eigenvalue weighted by Gasteiger charge is -2.22. The van der Waals surface area contributed by atoms with Gasteiger partial charge >= 0.3 is 0 Å². The van der Waals surface area contributed by atoms with Crippen molar-refractivity contribution in [2.75, 3.05) is 7.05 Å². The molecule has 0 aromatic carbocycles. The summed E-state index contributed by atoms with van der Waals surface area (Å²) < 4.78 is 0. The van der Waals surface area contributed by atoms with E-state index >= 15 is 0 Å². The minimum atomic E-state index is 0.474. The van der Waals surface area contributed by atoms with Gasteiger partial charge in [0.25, 0.3) is 0 Å². The molecule has 2 atom stereocenters. The van der Waals surface area contributed by atoms with Gasteiger partial charge in [0.2, 0.25) is 0 Å². The molecule has 0 spiro atoms. The second-order valence-electron chi connectivity index (χ2n) is 4.92. The van der Waals surface area contributed by atoms with Gasteiger partial charge in [-0.25, -0.2) is 0 Å². The second kappa shape index (κ2) is 8.62. The van der Waals surface area contributed by atoms with Crippen molar-refractivity contribution in [1.29, 1.82) is 0 Å². The molecule has 18 heavy (non-hydrogen) atoms. The van der Waals surface area contributed by atoms with Crippen LogP contribution in [0.4, 0.5) is 0 Å². The summed E-state index contributed by atoms with van der Waals surface area (Å²) in [5.41, 5.74) is 0.974. The molecule has 0 bridgehead atoms. The molecule has 0 aromatic heterocycles. The second-order valence-corrected chi connectivity index (χ2v) is 4.92. The van der Waals surface area contributed by atoms with Crippen LogP contribution in [0.25, 0.3) is 0 Å². The van der Waals surface area contributed by atoms with Gasteiger partial charge in [-0.2, -0.15) is 0 Å². The molecule has 2 nitrogen and oxygen atoms in total. The maximum atomic E-state index is 4.05. The Bertz CT molecular complexity index is 304. The van der Waals surface area contributed by atoms with E-state index in [4.69, 9.17) is 0 Å². The minimum Gasteiger partial charge on any atom is -0.346 e. The molecule has 0 radical (unpaired) electrons. The molecular formula is C16H28N2. The third-order valence-electron chi connectivity index (χ3n) is 3.26. The van der Waals surface area contributed by atoms with Crippen molar-refractivity contribution >= 4 is 0 Å². The topological polar surface area (TPSA) is 15.3 Å². The quantitative estimate of drug-likeness (QED) is 0.581. The zero-order valence-corrected chi connectivity index (χ0v) is 12.2. The average molecular weight is 248 g/mol. The van der Waals surface area contributed by atoms with Crippen molar-refractivity contribution in [3.05, 3.63) is 50.1 Å². The molecule has 2 heteroatoms. The van der Waals surface area contributed by atoms with E-state index in [2.05, 4.69) is 45.5 Å². The highest BCUT2D eigenvalue weighted by molar-refractivity contribution is 5.07. The third kappa shape index (κ3) is 6.33. The predicted octanol–water partition coefficient (Wildman–Crippen LogP) is 4.26. The minimum absolute atomic E-state index is 0.474. The monoisotopic (exact) mass is 248 g/mol. The molecule has 0 saturated carbocycles. The lowest BCUT2D eigenvalue weighted by molar-refractivity contribution is 0.425. The van der Waals surface area contributed by atoms with Crippen LogP contribution in [0.3, 0.4) is 0 Å².